The summed E-state index contributed by atoms with van der Waals surface area (Å²) < 4.78 is 18.8. The number of hydrogen-bond acceptors (Lipinski definition) is 2. The molecule has 3 nitrogen and oxygen atoms in total. The molecule has 0 aliphatic rings. The minimum atomic E-state index is -0.242. The summed E-state index contributed by atoms with van der Waals surface area (Å²) in [5.74, 6) is 0.571. The van der Waals surface area contributed by atoms with E-state index in [-0.39, 0.29) is 5.82 Å². The zero-order valence-electron chi connectivity index (χ0n) is 11.7. The number of thiocarbonyl (C=S) groups is 1. The van der Waals surface area contributed by atoms with Crippen LogP contribution in [0.1, 0.15) is 12.5 Å². The van der Waals surface area contributed by atoms with Crippen LogP contribution in [0.25, 0.3) is 0 Å². The van der Waals surface area contributed by atoms with E-state index in [0.717, 1.165) is 11.4 Å². The monoisotopic (exact) mass is 304 g/mol. The van der Waals surface area contributed by atoms with Crippen molar-refractivity contribution < 1.29 is 9.13 Å². The minimum absolute atomic E-state index is 0.242. The standard InChI is InChI=1S/C16H17FN2OS/c1-2-20-14-9-7-13(8-10-14)19-16(21)18-11-12-5-3-4-6-15(12)17/h3-10H,2,11H2,1H3,(H2,18,19,21). The molecule has 0 aliphatic heterocycles. The highest BCUT2D eigenvalue weighted by Crippen LogP contribution is 2.15. The van der Waals surface area contributed by atoms with Crippen LogP contribution in [0.4, 0.5) is 10.1 Å². The Hall–Kier alpha value is -2.14. The van der Waals surface area contributed by atoms with E-state index in [1.165, 1.54) is 6.07 Å². The molecular weight excluding hydrogens is 287 g/mol. The van der Waals surface area contributed by atoms with Gasteiger partial charge in [0.1, 0.15) is 11.6 Å². The van der Waals surface area contributed by atoms with Gasteiger partial charge >= 0.3 is 0 Å². The SMILES string of the molecule is CCOc1ccc(NC(=S)NCc2ccccc2F)cc1. The molecule has 110 valence electrons. The van der Waals surface area contributed by atoms with Gasteiger partial charge < -0.3 is 15.4 Å². The molecule has 2 aromatic rings. The van der Waals surface area contributed by atoms with Gasteiger partial charge in [-0.2, -0.15) is 0 Å². The van der Waals surface area contributed by atoms with Gasteiger partial charge in [0.2, 0.25) is 0 Å². The number of nitrogens with one attached hydrogen (secondary N) is 2. The number of benzene rings is 2. The van der Waals surface area contributed by atoms with E-state index in [9.17, 15) is 4.39 Å². The second kappa shape index (κ2) is 7.59. The average molecular weight is 304 g/mol. The zero-order chi connectivity index (χ0) is 15.1. The molecule has 0 heterocycles. The maximum absolute atomic E-state index is 13.5. The van der Waals surface area contributed by atoms with Gasteiger partial charge in [0.25, 0.3) is 0 Å². The molecule has 2 rings (SSSR count). The van der Waals surface area contributed by atoms with Crippen molar-refractivity contribution in [2.45, 2.75) is 13.5 Å². The van der Waals surface area contributed by atoms with E-state index < -0.39 is 0 Å². The van der Waals surface area contributed by atoms with Crippen molar-refractivity contribution in [3.8, 4) is 5.75 Å². The second-order valence-corrected chi connectivity index (χ2v) is 4.76. The number of ether oxygens (including phenoxy) is 1. The molecule has 2 N–H and O–H groups in total. The summed E-state index contributed by atoms with van der Waals surface area (Å²) in [6.07, 6.45) is 0. The lowest BCUT2D eigenvalue weighted by Gasteiger charge is -2.11. The van der Waals surface area contributed by atoms with Gasteiger partial charge in [0.15, 0.2) is 5.11 Å². The van der Waals surface area contributed by atoms with E-state index in [1.54, 1.807) is 18.2 Å². The lowest BCUT2D eigenvalue weighted by molar-refractivity contribution is 0.340. The van der Waals surface area contributed by atoms with Gasteiger partial charge in [-0.1, -0.05) is 18.2 Å². The van der Waals surface area contributed by atoms with Crippen LogP contribution >= 0.6 is 12.2 Å². The first kappa shape index (κ1) is 15.3. The van der Waals surface area contributed by atoms with E-state index in [2.05, 4.69) is 10.6 Å². The van der Waals surface area contributed by atoms with Crippen molar-refractivity contribution in [3.05, 3.63) is 59.9 Å². The molecule has 0 radical (unpaired) electrons. The molecule has 0 aliphatic carbocycles. The minimum Gasteiger partial charge on any atom is -0.494 e. The zero-order valence-corrected chi connectivity index (χ0v) is 12.5. The topological polar surface area (TPSA) is 33.3 Å². The molecule has 0 amide bonds. The lowest BCUT2D eigenvalue weighted by atomic mass is 10.2. The molecule has 0 saturated carbocycles. The molecule has 0 unspecified atom stereocenters. The normalized spacial score (nSPS) is 10.0. The smallest absolute Gasteiger partial charge is 0.171 e. The number of rotatable bonds is 5. The van der Waals surface area contributed by atoms with E-state index in [4.69, 9.17) is 17.0 Å². The maximum Gasteiger partial charge on any atom is 0.171 e. The average Bonchev–Trinajstić information content (AvgIpc) is 2.49. The summed E-state index contributed by atoms with van der Waals surface area (Å²) in [7, 11) is 0. The molecular formula is C16H17FN2OS. The fourth-order valence-corrected chi connectivity index (χ4v) is 1.98. The fraction of sp³-hybridized carbons (Fsp3) is 0.188. The third kappa shape index (κ3) is 4.72. The Bertz CT molecular complexity index is 601. The molecule has 0 saturated heterocycles. The Morgan fingerprint density at radius 1 is 1.14 bits per heavy atom. The van der Waals surface area contributed by atoms with E-state index in [1.807, 2.05) is 31.2 Å². The second-order valence-electron chi connectivity index (χ2n) is 4.36. The van der Waals surface area contributed by atoms with Crippen LogP contribution < -0.4 is 15.4 Å². The highest BCUT2D eigenvalue weighted by molar-refractivity contribution is 7.80. The van der Waals surface area contributed by atoms with Crippen LogP contribution in [0.3, 0.4) is 0 Å². The summed E-state index contributed by atoms with van der Waals surface area (Å²) >= 11 is 5.19. The van der Waals surface area contributed by atoms with Crippen molar-refractivity contribution in [1.82, 2.24) is 5.32 Å². The first-order chi connectivity index (χ1) is 10.2. The highest BCUT2D eigenvalue weighted by atomic mass is 32.1. The number of anilines is 1. The molecule has 0 bridgehead atoms. The predicted molar refractivity (Wildman–Crippen MR) is 87.1 cm³/mol. The summed E-state index contributed by atoms with van der Waals surface area (Å²) in [5.41, 5.74) is 1.43. The molecule has 0 fully saturated rings. The Labute approximate surface area is 129 Å². The number of halogens is 1. The Morgan fingerprint density at radius 2 is 1.86 bits per heavy atom. The van der Waals surface area contributed by atoms with Gasteiger partial charge in [0.05, 0.1) is 6.61 Å². The molecule has 5 heteroatoms. The van der Waals surface area contributed by atoms with Crippen LogP contribution in [0, 0.1) is 5.82 Å². The van der Waals surface area contributed by atoms with Gasteiger partial charge in [-0.3, -0.25) is 0 Å². The predicted octanol–water partition coefficient (Wildman–Crippen LogP) is 3.71. The van der Waals surface area contributed by atoms with Crippen molar-refractivity contribution in [3.63, 3.8) is 0 Å². The summed E-state index contributed by atoms with van der Waals surface area (Å²) in [5, 5.41) is 6.47. The molecule has 0 spiro atoms. The maximum atomic E-state index is 13.5. The fourth-order valence-electron chi connectivity index (χ4n) is 1.79. The first-order valence-corrected chi connectivity index (χ1v) is 7.11. The largest absolute Gasteiger partial charge is 0.494 e. The Kier molecular flexibility index (Phi) is 5.51. The lowest BCUT2D eigenvalue weighted by Crippen LogP contribution is -2.28. The van der Waals surface area contributed by atoms with Gasteiger partial charge in [0, 0.05) is 17.8 Å². The quantitative estimate of drug-likeness (QED) is 0.825. The molecule has 0 aromatic heterocycles. The molecule has 2 aromatic carbocycles. The first-order valence-electron chi connectivity index (χ1n) is 6.70. The van der Waals surface area contributed by atoms with Crippen LogP contribution in [-0.2, 0) is 6.54 Å². The molecule has 21 heavy (non-hydrogen) atoms. The highest BCUT2D eigenvalue weighted by Gasteiger charge is 2.02. The summed E-state index contributed by atoms with van der Waals surface area (Å²) in [6.45, 7) is 2.92. The van der Waals surface area contributed by atoms with Gasteiger partial charge in [-0.25, -0.2) is 4.39 Å². The van der Waals surface area contributed by atoms with Crippen LogP contribution in [0.5, 0.6) is 5.75 Å². The van der Waals surface area contributed by atoms with Crippen molar-refractivity contribution >= 4 is 23.0 Å². The van der Waals surface area contributed by atoms with E-state index in [0.29, 0.717) is 23.8 Å². The molecule has 0 atom stereocenters. The summed E-state index contributed by atoms with van der Waals surface area (Å²) in [6, 6.07) is 14.1. The number of hydrogen-bond donors (Lipinski definition) is 2. The van der Waals surface area contributed by atoms with Gasteiger partial charge in [-0.05, 0) is 49.5 Å². The van der Waals surface area contributed by atoms with Crippen LogP contribution in [-0.4, -0.2) is 11.7 Å². The van der Waals surface area contributed by atoms with Crippen molar-refractivity contribution in [1.29, 1.82) is 0 Å². The Balaban J connectivity index is 1.85. The summed E-state index contributed by atoms with van der Waals surface area (Å²) in [4.78, 5) is 0. The van der Waals surface area contributed by atoms with Crippen LogP contribution in [0.15, 0.2) is 48.5 Å². The third-order valence-electron chi connectivity index (χ3n) is 2.82. The Morgan fingerprint density at radius 3 is 2.52 bits per heavy atom. The van der Waals surface area contributed by atoms with Crippen molar-refractivity contribution in [2.75, 3.05) is 11.9 Å². The third-order valence-corrected chi connectivity index (χ3v) is 3.07. The van der Waals surface area contributed by atoms with Gasteiger partial charge in [-0.15, -0.1) is 0 Å². The van der Waals surface area contributed by atoms with Crippen molar-refractivity contribution in [2.24, 2.45) is 0 Å². The van der Waals surface area contributed by atoms with Crippen LogP contribution in [0.2, 0.25) is 0 Å². The van der Waals surface area contributed by atoms with E-state index >= 15 is 0 Å².